The van der Waals surface area contributed by atoms with E-state index in [1.165, 1.54) is 12.3 Å². The quantitative estimate of drug-likeness (QED) is 0.681. The zero-order valence-electron chi connectivity index (χ0n) is 8.15. The Bertz CT molecular complexity index is 463. The molecule has 5 heteroatoms. The molecule has 2 nitrogen and oxygen atoms in total. The second-order valence-corrected chi connectivity index (χ2v) is 3.18. The SMILES string of the molecule is FC(F)(F)c1ccc(-[n+]2ccccc2)cn1. The molecule has 0 aliphatic carbocycles. The minimum absolute atomic E-state index is 0.591. The number of halogens is 3. The van der Waals surface area contributed by atoms with Gasteiger partial charge < -0.3 is 0 Å². The number of rotatable bonds is 1. The lowest BCUT2D eigenvalue weighted by Crippen LogP contribution is -2.29. The van der Waals surface area contributed by atoms with E-state index in [1.54, 1.807) is 29.1 Å². The van der Waals surface area contributed by atoms with Crippen LogP contribution in [0.25, 0.3) is 5.69 Å². The van der Waals surface area contributed by atoms with Crippen LogP contribution in [0.15, 0.2) is 48.9 Å². The second-order valence-electron chi connectivity index (χ2n) is 3.18. The maximum atomic E-state index is 12.3. The van der Waals surface area contributed by atoms with E-state index >= 15 is 0 Å². The number of aromatic nitrogens is 2. The molecule has 0 saturated carbocycles. The molecule has 0 atom stereocenters. The first-order valence-corrected chi connectivity index (χ1v) is 4.57. The molecule has 2 aromatic heterocycles. The summed E-state index contributed by atoms with van der Waals surface area (Å²) < 4.78 is 38.4. The van der Waals surface area contributed by atoms with E-state index in [2.05, 4.69) is 4.98 Å². The van der Waals surface area contributed by atoms with E-state index < -0.39 is 11.9 Å². The molecule has 0 radical (unpaired) electrons. The van der Waals surface area contributed by atoms with Gasteiger partial charge in [-0.1, -0.05) is 6.07 Å². The van der Waals surface area contributed by atoms with Crippen molar-refractivity contribution < 1.29 is 17.7 Å². The van der Waals surface area contributed by atoms with Crippen LogP contribution >= 0.6 is 0 Å². The molecule has 2 rings (SSSR count). The molecule has 0 aliphatic rings. The number of hydrogen-bond acceptors (Lipinski definition) is 1. The standard InChI is InChI=1S/C11H8F3N2/c12-11(13,14)10-5-4-9(8-15-10)16-6-2-1-3-7-16/h1-8H/q+1. The van der Waals surface area contributed by atoms with E-state index in [0.717, 1.165) is 6.07 Å². The predicted octanol–water partition coefficient (Wildman–Crippen LogP) is 2.38. The molecule has 2 heterocycles. The van der Waals surface area contributed by atoms with Crippen LogP contribution in [0.3, 0.4) is 0 Å². The third-order valence-electron chi connectivity index (χ3n) is 2.05. The van der Waals surface area contributed by atoms with Crippen molar-refractivity contribution in [3.05, 3.63) is 54.6 Å². The number of pyridine rings is 2. The van der Waals surface area contributed by atoms with Crippen molar-refractivity contribution >= 4 is 0 Å². The summed E-state index contributed by atoms with van der Waals surface area (Å²) >= 11 is 0. The fourth-order valence-corrected chi connectivity index (χ4v) is 1.28. The van der Waals surface area contributed by atoms with Gasteiger partial charge in [0.05, 0.1) is 6.20 Å². The zero-order valence-corrected chi connectivity index (χ0v) is 8.15. The summed E-state index contributed by atoms with van der Waals surface area (Å²) in [6.07, 6.45) is 0.289. The van der Waals surface area contributed by atoms with Gasteiger partial charge in [0.15, 0.2) is 12.4 Å². The maximum absolute atomic E-state index is 12.3. The normalized spacial score (nSPS) is 11.4. The van der Waals surface area contributed by atoms with E-state index in [1.807, 2.05) is 6.07 Å². The highest BCUT2D eigenvalue weighted by Crippen LogP contribution is 2.27. The van der Waals surface area contributed by atoms with E-state index in [4.69, 9.17) is 0 Å². The van der Waals surface area contributed by atoms with Crippen molar-refractivity contribution in [3.63, 3.8) is 0 Å². The minimum Gasteiger partial charge on any atom is -0.245 e. The lowest BCUT2D eigenvalue weighted by atomic mass is 10.3. The van der Waals surface area contributed by atoms with Gasteiger partial charge in [0.25, 0.3) is 0 Å². The van der Waals surface area contributed by atoms with Crippen molar-refractivity contribution in [3.8, 4) is 5.69 Å². The topological polar surface area (TPSA) is 16.8 Å². The predicted molar refractivity (Wildman–Crippen MR) is 50.8 cm³/mol. The van der Waals surface area contributed by atoms with Gasteiger partial charge in [-0.2, -0.15) is 17.7 Å². The Kier molecular flexibility index (Phi) is 2.60. The van der Waals surface area contributed by atoms with E-state index in [9.17, 15) is 13.2 Å². The maximum Gasteiger partial charge on any atom is 0.433 e. The van der Waals surface area contributed by atoms with Crippen molar-refractivity contribution in [2.45, 2.75) is 6.18 Å². The number of nitrogens with zero attached hydrogens (tertiary/aromatic N) is 2. The zero-order chi connectivity index (χ0) is 11.6. The Hall–Kier alpha value is -1.91. The third kappa shape index (κ3) is 2.18. The molecule has 0 aliphatic heterocycles. The summed E-state index contributed by atoms with van der Waals surface area (Å²) in [4.78, 5) is 3.38. The molecular formula is C11H8F3N2+. The smallest absolute Gasteiger partial charge is 0.245 e. The monoisotopic (exact) mass is 225 g/mol. The summed E-state index contributed by atoms with van der Waals surface area (Å²) in [5, 5.41) is 0. The van der Waals surface area contributed by atoms with Crippen LogP contribution < -0.4 is 4.57 Å². The highest BCUT2D eigenvalue weighted by molar-refractivity contribution is 5.21. The Labute approximate surface area is 90.0 Å². The van der Waals surface area contributed by atoms with Crippen LogP contribution in [0.5, 0.6) is 0 Å². The van der Waals surface area contributed by atoms with Gasteiger partial charge in [-0.25, -0.2) is 4.98 Å². The van der Waals surface area contributed by atoms with Crippen LogP contribution in [0.2, 0.25) is 0 Å². The number of alkyl halides is 3. The summed E-state index contributed by atoms with van der Waals surface area (Å²) in [5.41, 5.74) is -0.290. The highest BCUT2D eigenvalue weighted by Gasteiger charge is 2.32. The van der Waals surface area contributed by atoms with Gasteiger partial charge in [0.1, 0.15) is 5.69 Å². The summed E-state index contributed by atoms with van der Waals surface area (Å²) in [6, 6.07) is 7.76. The van der Waals surface area contributed by atoms with Crippen LogP contribution in [-0.4, -0.2) is 4.98 Å². The molecule has 0 N–H and O–H groups in total. The average Bonchev–Trinajstić information content (AvgIpc) is 2.29. The van der Waals surface area contributed by atoms with Gasteiger partial charge >= 0.3 is 6.18 Å². The van der Waals surface area contributed by atoms with Gasteiger partial charge in [0.2, 0.25) is 5.69 Å². The van der Waals surface area contributed by atoms with Crippen LogP contribution in [0.4, 0.5) is 13.2 Å². The third-order valence-corrected chi connectivity index (χ3v) is 2.05. The minimum atomic E-state index is -4.39. The van der Waals surface area contributed by atoms with Crippen molar-refractivity contribution in [2.75, 3.05) is 0 Å². The molecule has 16 heavy (non-hydrogen) atoms. The van der Waals surface area contributed by atoms with Crippen molar-refractivity contribution in [1.82, 2.24) is 4.98 Å². The first-order valence-electron chi connectivity index (χ1n) is 4.57. The molecule has 0 aromatic carbocycles. The molecule has 0 saturated heterocycles. The lowest BCUT2D eigenvalue weighted by molar-refractivity contribution is -0.596. The molecule has 0 spiro atoms. The second kappa shape index (κ2) is 3.92. The Balaban J connectivity index is 2.34. The largest absolute Gasteiger partial charge is 0.433 e. The van der Waals surface area contributed by atoms with E-state index in [-0.39, 0.29) is 0 Å². The van der Waals surface area contributed by atoms with Crippen molar-refractivity contribution in [2.24, 2.45) is 0 Å². The molecule has 0 amide bonds. The van der Waals surface area contributed by atoms with Gasteiger partial charge in [-0.15, -0.1) is 0 Å². The van der Waals surface area contributed by atoms with E-state index in [0.29, 0.717) is 5.69 Å². The van der Waals surface area contributed by atoms with Crippen LogP contribution in [-0.2, 0) is 6.18 Å². The average molecular weight is 225 g/mol. The van der Waals surface area contributed by atoms with Gasteiger partial charge in [-0.3, -0.25) is 0 Å². The Morgan fingerprint density at radius 2 is 1.69 bits per heavy atom. The Morgan fingerprint density at radius 3 is 2.19 bits per heavy atom. The molecule has 0 fully saturated rings. The molecule has 82 valence electrons. The highest BCUT2D eigenvalue weighted by atomic mass is 19.4. The lowest BCUT2D eigenvalue weighted by Gasteiger charge is -2.04. The summed E-state index contributed by atoms with van der Waals surface area (Å²) in [6.45, 7) is 0. The van der Waals surface area contributed by atoms with Gasteiger partial charge in [0, 0.05) is 18.2 Å². The summed E-state index contributed by atoms with van der Waals surface area (Å²) in [7, 11) is 0. The number of hydrogen-bond donors (Lipinski definition) is 0. The van der Waals surface area contributed by atoms with Crippen molar-refractivity contribution in [1.29, 1.82) is 0 Å². The molecule has 2 aromatic rings. The summed E-state index contributed by atoms with van der Waals surface area (Å²) in [5.74, 6) is 0. The fourth-order valence-electron chi connectivity index (χ4n) is 1.28. The molecule has 0 unspecified atom stereocenters. The first kappa shape index (κ1) is 10.6. The fraction of sp³-hybridized carbons (Fsp3) is 0.0909. The van der Waals surface area contributed by atoms with Gasteiger partial charge in [-0.05, 0) is 6.07 Å². The molecular weight excluding hydrogens is 217 g/mol. The Morgan fingerprint density at radius 1 is 1.00 bits per heavy atom. The van der Waals surface area contributed by atoms with Crippen LogP contribution in [0, 0.1) is 0 Å². The first-order chi connectivity index (χ1) is 7.57. The van der Waals surface area contributed by atoms with Crippen LogP contribution in [0.1, 0.15) is 5.69 Å². The molecule has 0 bridgehead atoms.